The van der Waals surface area contributed by atoms with Crippen molar-refractivity contribution in [3.63, 3.8) is 0 Å². The molecule has 1 atom stereocenters. The lowest BCUT2D eigenvalue weighted by atomic mass is 9.93. The Morgan fingerprint density at radius 1 is 1.03 bits per heavy atom. The molecule has 0 bridgehead atoms. The van der Waals surface area contributed by atoms with Gasteiger partial charge in [-0.1, -0.05) is 60.7 Å². The molecular formula is C22H24N2O4S2. The van der Waals surface area contributed by atoms with Crippen molar-refractivity contribution in [2.75, 3.05) is 12.3 Å². The van der Waals surface area contributed by atoms with Gasteiger partial charge in [-0.15, -0.1) is 11.3 Å². The summed E-state index contributed by atoms with van der Waals surface area (Å²) in [6, 6.07) is 21.3. The number of aliphatic hydroxyl groups is 1. The van der Waals surface area contributed by atoms with E-state index in [9.17, 15) is 13.5 Å². The van der Waals surface area contributed by atoms with Crippen LogP contribution in [0.5, 0.6) is 0 Å². The summed E-state index contributed by atoms with van der Waals surface area (Å²) in [6.45, 7) is 0.696. The molecule has 1 aliphatic heterocycles. The number of thiophene rings is 1. The molecular weight excluding hydrogens is 420 g/mol. The Balaban J connectivity index is 1.59. The normalized spacial score (nSPS) is 15.8. The molecule has 2 aromatic carbocycles. The minimum Gasteiger partial charge on any atom is -0.371 e. The predicted octanol–water partition coefficient (Wildman–Crippen LogP) is 3.24. The monoisotopic (exact) mass is 444 g/mol. The molecule has 6 nitrogen and oxygen atoms in total. The lowest BCUT2D eigenvalue weighted by Gasteiger charge is -2.28. The van der Waals surface area contributed by atoms with E-state index in [2.05, 4.69) is 0 Å². The Labute approximate surface area is 180 Å². The number of fused-ring (bicyclic) bond motifs is 1. The lowest BCUT2D eigenvalue weighted by Crippen LogP contribution is -2.38. The van der Waals surface area contributed by atoms with Gasteiger partial charge >= 0.3 is 0 Å². The molecule has 0 fully saturated rings. The van der Waals surface area contributed by atoms with Gasteiger partial charge in [0.1, 0.15) is 0 Å². The molecule has 3 N–H and O–H groups in total. The fourth-order valence-electron chi connectivity index (χ4n) is 3.83. The van der Waals surface area contributed by atoms with Crippen molar-refractivity contribution < 1.29 is 18.7 Å². The fraction of sp³-hybridized carbons (Fsp3) is 0.273. The first-order valence-corrected chi connectivity index (χ1v) is 12.2. The predicted molar refractivity (Wildman–Crippen MR) is 117 cm³/mol. The Morgan fingerprint density at radius 3 is 2.20 bits per heavy atom. The number of nitrogens with one attached hydrogen (secondary N) is 1. The molecule has 0 aliphatic carbocycles. The van der Waals surface area contributed by atoms with Gasteiger partial charge in [-0.25, -0.2) is 8.42 Å². The highest BCUT2D eigenvalue weighted by atomic mass is 32.2. The van der Waals surface area contributed by atoms with Gasteiger partial charge in [-0.3, -0.25) is 0 Å². The molecule has 30 heavy (non-hydrogen) atoms. The fourth-order valence-corrected chi connectivity index (χ4v) is 6.78. The number of hydrogen-bond acceptors (Lipinski definition) is 6. The number of nitrogens with zero attached hydrogens (tertiary/aromatic N) is 1. The van der Waals surface area contributed by atoms with Crippen LogP contribution in [0, 0.1) is 0 Å². The molecule has 0 amide bonds. The van der Waals surface area contributed by atoms with E-state index in [-0.39, 0.29) is 18.2 Å². The lowest BCUT2D eigenvalue weighted by molar-refractivity contribution is 0.00287. The standard InChI is InChI=1S/C22H24N2O4S2/c25-22(23-26)20-13-18-11-12-24(14-21(18)29-20)30(27,28)15-19(16-7-3-1-4-8-16)17-9-5-2-6-10-17/h1-10,13,19,22-23,25-26H,11-12,14-15H2. The average molecular weight is 445 g/mol. The smallest absolute Gasteiger partial charge is 0.215 e. The molecule has 0 radical (unpaired) electrons. The first-order valence-electron chi connectivity index (χ1n) is 9.75. The van der Waals surface area contributed by atoms with E-state index in [4.69, 9.17) is 5.21 Å². The quantitative estimate of drug-likeness (QED) is 0.385. The number of hydroxylamine groups is 1. The van der Waals surface area contributed by atoms with Crippen LogP contribution in [0.2, 0.25) is 0 Å². The zero-order valence-corrected chi connectivity index (χ0v) is 17.9. The molecule has 1 aliphatic rings. The highest BCUT2D eigenvalue weighted by Gasteiger charge is 2.32. The molecule has 1 aromatic heterocycles. The SMILES string of the molecule is O=S(=O)(CC(c1ccccc1)c1ccccc1)N1CCc2cc(C(O)NO)sc2C1. The molecule has 1 unspecified atom stereocenters. The van der Waals surface area contributed by atoms with Crippen LogP contribution in [0.15, 0.2) is 66.7 Å². The summed E-state index contributed by atoms with van der Waals surface area (Å²) < 4.78 is 28.3. The largest absolute Gasteiger partial charge is 0.371 e. The van der Waals surface area contributed by atoms with Crippen molar-refractivity contribution in [1.29, 1.82) is 0 Å². The van der Waals surface area contributed by atoms with Gasteiger partial charge in [-0.05, 0) is 29.2 Å². The molecule has 0 spiro atoms. The first-order chi connectivity index (χ1) is 14.5. The third kappa shape index (κ3) is 4.49. The van der Waals surface area contributed by atoms with Gasteiger partial charge in [0.25, 0.3) is 0 Å². The van der Waals surface area contributed by atoms with Crippen molar-refractivity contribution in [2.45, 2.75) is 25.1 Å². The summed E-state index contributed by atoms with van der Waals surface area (Å²) in [5, 5.41) is 18.7. The second kappa shape index (κ2) is 8.97. The Bertz CT molecular complexity index is 1050. The summed E-state index contributed by atoms with van der Waals surface area (Å²) in [5.41, 5.74) is 4.80. The first kappa shape index (κ1) is 21.2. The molecule has 3 aromatic rings. The number of sulfonamides is 1. The van der Waals surface area contributed by atoms with Crippen molar-refractivity contribution in [2.24, 2.45) is 0 Å². The van der Waals surface area contributed by atoms with E-state index in [1.807, 2.05) is 72.2 Å². The summed E-state index contributed by atoms with van der Waals surface area (Å²) in [4.78, 5) is 1.48. The Kier molecular flexibility index (Phi) is 6.33. The van der Waals surface area contributed by atoms with E-state index in [1.165, 1.54) is 15.6 Å². The topological polar surface area (TPSA) is 89.9 Å². The maximum absolute atomic E-state index is 13.4. The molecule has 2 heterocycles. The summed E-state index contributed by atoms with van der Waals surface area (Å²) >= 11 is 1.32. The number of benzene rings is 2. The third-order valence-electron chi connectivity index (χ3n) is 5.43. The zero-order chi connectivity index (χ0) is 21.1. The van der Waals surface area contributed by atoms with E-state index in [1.54, 1.807) is 0 Å². The van der Waals surface area contributed by atoms with Gasteiger partial charge < -0.3 is 10.3 Å². The van der Waals surface area contributed by atoms with Crippen molar-refractivity contribution in [3.05, 3.63) is 93.2 Å². The third-order valence-corrected chi connectivity index (χ3v) is 8.50. The summed E-state index contributed by atoms with van der Waals surface area (Å²) in [6.07, 6.45) is -0.573. The van der Waals surface area contributed by atoms with E-state index in [0.29, 0.717) is 17.8 Å². The maximum atomic E-state index is 13.4. The van der Waals surface area contributed by atoms with Gasteiger partial charge in [0.15, 0.2) is 6.23 Å². The highest BCUT2D eigenvalue weighted by molar-refractivity contribution is 7.89. The molecule has 0 saturated heterocycles. The maximum Gasteiger partial charge on any atom is 0.215 e. The second-order valence-corrected chi connectivity index (χ2v) is 10.5. The average Bonchev–Trinajstić information content (AvgIpc) is 3.22. The highest BCUT2D eigenvalue weighted by Crippen LogP contribution is 2.33. The summed E-state index contributed by atoms with van der Waals surface area (Å²) in [7, 11) is -3.53. The van der Waals surface area contributed by atoms with Crippen LogP contribution in [0.4, 0.5) is 0 Å². The molecule has 4 rings (SSSR count). The van der Waals surface area contributed by atoms with Gasteiger partial charge in [0.05, 0.1) is 10.6 Å². The van der Waals surface area contributed by atoms with Crippen LogP contribution < -0.4 is 5.48 Å². The van der Waals surface area contributed by atoms with Crippen molar-refractivity contribution in [3.8, 4) is 0 Å². The van der Waals surface area contributed by atoms with E-state index in [0.717, 1.165) is 21.6 Å². The van der Waals surface area contributed by atoms with Crippen molar-refractivity contribution in [1.82, 2.24) is 9.79 Å². The van der Waals surface area contributed by atoms with Gasteiger partial charge in [0.2, 0.25) is 10.0 Å². The van der Waals surface area contributed by atoms with Crippen molar-refractivity contribution >= 4 is 21.4 Å². The zero-order valence-electron chi connectivity index (χ0n) is 16.3. The Hall–Kier alpha value is -2.07. The van der Waals surface area contributed by atoms with Crippen LogP contribution in [0.25, 0.3) is 0 Å². The van der Waals surface area contributed by atoms with E-state index < -0.39 is 16.3 Å². The van der Waals surface area contributed by atoms with Crippen LogP contribution in [0.1, 0.15) is 38.6 Å². The Morgan fingerprint density at radius 2 is 1.63 bits per heavy atom. The minimum absolute atomic E-state index is 0.00455. The molecule has 0 saturated carbocycles. The number of hydrogen-bond donors (Lipinski definition) is 3. The van der Waals surface area contributed by atoms with Crippen LogP contribution in [-0.2, 0) is 23.0 Å². The summed E-state index contributed by atoms with van der Waals surface area (Å²) in [5.74, 6) is -0.256. The number of aliphatic hydroxyl groups excluding tert-OH is 1. The second-order valence-electron chi connectivity index (χ2n) is 7.36. The minimum atomic E-state index is -3.53. The van der Waals surface area contributed by atoms with Crippen LogP contribution in [-0.4, -0.2) is 35.3 Å². The van der Waals surface area contributed by atoms with Gasteiger partial charge in [0, 0.05) is 23.9 Å². The number of rotatable bonds is 7. The molecule has 8 heteroatoms. The van der Waals surface area contributed by atoms with Gasteiger partial charge in [-0.2, -0.15) is 9.79 Å². The van der Waals surface area contributed by atoms with E-state index >= 15 is 0 Å². The van der Waals surface area contributed by atoms with Crippen LogP contribution in [0.3, 0.4) is 0 Å². The van der Waals surface area contributed by atoms with Crippen LogP contribution >= 0.6 is 11.3 Å². The molecule has 158 valence electrons.